The average molecular weight is 257 g/mol. The molecular weight excluding hydrogens is 226 g/mol. The molecule has 1 aliphatic heterocycles. The Kier molecular flexibility index (Phi) is 7.20. The Morgan fingerprint density at radius 1 is 1.28 bits per heavy atom. The highest BCUT2D eigenvalue weighted by Gasteiger charge is 2.21. The van der Waals surface area contributed by atoms with Gasteiger partial charge in [-0.05, 0) is 58.9 Å². The van der Waals surface area contributed by atoms with Crippen molar-refractivity contribution in [1.82, 2.24) is 5.32 Å². The molecule has 0 spiro atoms. The van der Waals surface area contributed by atoms with Crippen LogP contribution in [-0.4, -0.2) is 38.0 Å². The summed E-state index contributed by atoms with van der Waals surface area (Å²) in [5.74, 6) is 0.802. The average Bonchev–Trinajstić information content (AvgIpc) is 2.33. The van der Waals surface area contributed by atoms with Crippen LogP contribution in [0.4, 0.5) is 0 Å². The zero-order valence-corrected chi connectivity index (χ0v) is 12.6. The van der Waals surface area contributed by atoms with Gasteiger partial charge in [0.05, 0.1) is 12.2 Å². The first-order chi connectivity index (χ1) is 8.51. The lowest BCUT2D eigenvalue weighted by Crippen LogP contribution is -2.39. The molecule has 0 aromatic heterocycles. The van der Waals surface area contributed by atoms with Crippen LogP contribution in [-0.2, 0) is 9.47 Å². The molecule has 3 heteroatoms. The summed E-state index contributed by atoms with van der Waals surface area (Å²) in [6.07, 6.45) is 4.82. The van der Waals surface area contributed by atoms with Crippen molar-refractivity contribution in [2.24, 2.45) is 5.92 Å². The molecule has 108 valence electrons. The molecule has 1 N–H and O–H groups in total. The Balaban J connectivity index is 2.33. The van der Waals surface area contributed by atoms with Crippen molar-refractivity contribution in [2.75, 3.05) is 26.4 Å². The minimum Gasteiger partial charge on any atom is -0.381 e. The van der Waals surface area contributed by atoms with E-state index in [4.69, 9.17) is 9.47 Å². The molecule has 1 saturated heterocycles. The van der Waals surface area contributed by atoms with Crippen molar-refractivity contribution in [3.8, 4) is 0 Å². The lowest BCUT2D eigenvalue weighted by Gasteiger charge is -2.29. The fraction of sp³-hybridized carbons (Fsp3) is 1.00. The van der Waals surface area contributed by atoms with Gasteiger partial charge in [-0.25, -0.2) is 0 Å². The summed E-state index contributed by atoms with van der Waals surface area (Å²) in [4.78, 5) is 0. The standard InChI is InChI=1S/C15H31NO2/c1-5-8-16-14(12-18-15(2,3)4)11-13-6-9-17-10-7-13/h13-14,16H,5-12H2,1-4H3. The Morgan fingerprint density at radius 2 is 1.94 bits per heavy atom. The van der Waals surface area contributed by atoms with E-state index < -0.39 is 0 Å². The molecule has 0 aromatic rings. The second-order valence-electron chi connectivity index (χ2n) is 6.37. The highest BCUT2D eigenvalue weighted by molar-refractivity contribution is 4.75. The van der Waals surface area contributed by atoms with Gasteiger partial charge in [0, 0.05) is 19.3 Å². The summed E-state index contributed by atoms with van der Waals surface area (Å²) >= 11 is 0. The summed E-state index contributed by atoms with van der Waals surface area (Å²) in [5.41, 5.74) is -0.0399. The number of ether oxygens (including phenoxy) is 2. The molecule has 0 radical (unpaired) electrons. The third kappa shape index (κ3) is 7.34. The van der Waals surface area contributed by atoms with Gasteiger partial charge in [0.1, 0.15) is 0 Å². The summed E-state index contributed by atoms with van der Waals surface area (Å²) < 4.78 is 11.4. The van der Waals surface area contributed by atoms with E-state index in [0.717, 1.165) is 32.3 Å². The molecule has 1 heterocycles. The maximum absolute atomic E-state index is 5.94. The van der Waals surface area contributed by atoms with Crippen LogP contribution < -0.4 is 5.32 Å². The van der Waals surface area contributed by atoms with Gasteiger partial charge in [0.15, 0.2) is 0 Å². The predicted octanol–water partition coefficient (Wildman–Crippen LogP) is 2.99. The molecule has 1 unspecified atom stereocenters. The van der Waals surface area contributed by atoms with Gasteiger partial charge in [-0.3, -0.25) is 0 Å². The molecule has 0 amide bonds. The molecule has 18 heavy (non-hydrogen) atoms. The summed E-state index contributed by atoms with van der Waals surface area (Å²) in [6, 6.07) is 0.493. The molecule has 1 rings (SSSR count). The molecule has 0 saturated carbocycles. The maximum atomic E-state index is 5.94. The van der Waals surface area contributed by atoms with E-state index in [-0.39, 0.29) is 5.60 Å². The second kappa shape index (κ2) is 8.13. The van der Waals surface area contributed by atoms with Crippen LogP contribution in [0.2, 0.25) is 0 Å². The van der Waals surface area contributed by atoms with Crippen LogP contribution in [0, 0.1) is 5.92 Å². The maximum Gasteiger partial charge on any atom is 0.0626 e. The first kappa shape index (κ1) is 15.9. The predicted molar refractivity (Wildman–Crippen MR) is 75.9 cm³/mol. The molecular formula is C15H31NO2. The first-order valence-corrected chi connectivity index (χ1v) is 7.46. The van der Waals surface area contributed by atoms with Gasteiger partial charge in [0.25, 0.3) is 0 Å². The molecule has 1 atom stereocenters. The van der Waals surface area contributed by atoms with Gasteiger partial charge in [-0.2, -0.15) is 0 Å². The largest absolute Gasteiger partial charge is 0.381 e. The van der Waals surface area contributed by atoms with Crippen molar-refractivity contribution < 1.29 is 9.47 Å². The van der Waals surface area contributed by atoms with Crippen LogP contribution in [0.5, 0.6) is 0 Å². The molecule has 1 aliphatic rings. The first-order valence-electron chi connectivity index (χ1n) is 7.46. The zero-order chi connectivity index (χ0) is 13.4. The summed E-state index contributed by atoms with van der Waals surface area (Å²) in [7, 11) is 0. The number of hydrogen-bond donors (Lipinski definition) is 1. The minimum atomic E-state index is -0.0399. The van der Waals surface area contributed by atoms with Crippen LogP contribution in [0.25, 0.3) is 0 Å². The SMILES string of the molecule is CCCNC(COC(C)(C)C)CC1CCOCC1. The van der Waals surface area contributed by atoms with Crippen molar-refractivity contribution in [3.63, 3.8) is 0 Å². The van der Waals surface area contributed by atoms with Gasteiger partial charge in [-0.1, -0.05) is 6.92 Å². The highest BCUT2D eigenvalue weighted by Crippen LogP contribution is 2.21. The minimum absolute atomic E-state index is 0.0399. The Labute approximate surface area is 113 Å². The van der Waals surface area contributed by atoms with E-state index in [2.05, 4.69) is 33.0 Å². The van der Waals surface area contributed by atoms with E-state index in [1.807, 2.05) is 0 Å². The van der Waals surface area contributed by atoms with Crippen molar-refractivity contribution in [3.05, 3.63) is 0 Å². The Hall–Kier alpha value is -0.120. The smallest absolute Gasteiger partial charge is 0.0626 e. The topological polar surface area (TPSA) is 30.5 Å². The van der Waals surface area contributed by atoms with Gasteiger partial charge < -0.3 is 14.8 Å². The highest BCUT2D eigenvalue weighted by atomic mass is 16.5. The van der Waals surface area contributed by atoms with Crippen LogP contribution in [0.1, 0.15) is 53.4 Å². The van der Waals surface area contributed by atoms with E-state index >= 15 is 0 Å². The molecule has 0 bridgehead atoms. The summed E-state index contributed by atoms with van der Waals surface area (Å²) in [5, 5.41) is 3.62. The molecule has 1 fully saturated rings. The third-order valence-corrected chi connectivity index (χ3v) is 3.36. The molecule has 0 aliphatic carbocycles. The molecule has 3 nitrogen and oxygen atoms in total. The van der Waals surface area contributed by atoms with Crippen LogP contribution in [0.3, 0.4) is 0 Å². The van der Waals surface area contributed by atoms with E-state index in [1.54, 1.807) is 0 Å². The van der Waals surface area contributed by atoms with E-state index in [0.29, 0.717) is 6.04 Å². The van der Waals surface area contributed by atoms with Crippen molar-refractivity contribution in [1.29, 1.82) is 0 Å². The van der Waals surface area contributed by atoms with Crippen LogP contribution in [0.15, 0.2) is 0 Å². The quantitative estimate of drug-likeness (QED) is 0.760. The lowest BCUT2D eigenvalue weighted by atomic mass is 9.92. The fourth-order valence-electron chi connectivity index (χ4n) is 2.29. The molecule has 0 aromatic carbocycles. The van der Waals surface area contributed by atoms with E-state index in [1.165, 1.54) is 25.7 Å². The van der Waals surface area contributed by atoms with Crippen LogP contribution >= 0.6 is 0 Å². The van der Waals surface area contributed by atoms with Gasteiger partial charge in [-0.15, -0.1) is 0 Å². The Bertz CT molecular complexity index is 207. The number of nitrogens with one attached hydrogen (secondary N) is 1. The van der Waals surface area contributed by atoms with Crippen molar-refractivity contribution >= 4 is 0 Å². The monoisotopic (exact) mass is 257 g/mol. The van der Waals surface area contributed by atoms with Gasteiger partial charge in [0.2, 0.25) is 0 Å². The normalized spacial score (nSPS) is 20.0. The number of rotatable bonds is 7. The number of hydrogen-bond acceptors (Lipinski definition) is 3. The van der Waals surface area contributed by atoms with Crippen molar-refractivity contribution in [2.45, 2.75) is 65.0 Å². The third-order valence-electron chi connectivity index (χ3n) is 3.36. The Morgan fingerprint density at radius 3 is 2.50 bits per heavy atom. The summed E-state index contributed by atoms with van der Waals surface area (Å²) in [6.45, 7) is 12.4. The fourth-order valence-corrected chi connectivity index (χ4v) is 2.29. The van der Waals surface area contributed by atoms with Gasteiger partial charge >= 0.3 is 0 Å². The second-order valence-corrected chi connectivity index (χ2v) is 6.37. The van der Waals surface area contributed by atoms with E-state index in [9.17, 15) is 0 Å². The lowest BCUT2D eigenvalue weighted by molar-refractivity contribution is -0.0208. The zero-order valence-electron chi connectivity index (χ0n) is 12.6.